The molecule has 0 amide bonds. The summed E-state index contributed by atoms with van der Waals surface area (Å²) in [6.45, 7) is 8.89. The van der Waals surface area contributed by atoms with Gasteiger partial charge in [-0.3, -0.25) is 9.89 Å². The highest BCUT2D eigenvalue weighted by atomic mass is 127. The normalized spacial score (nSPS) is 19.0. The summed E-state index contributed by atoms with van der Waals surface area (Å²) in [6.07, 6.45) is 6.43. The van der Waals surface area contributed by atoms with Crippen molar-refractivity contribution in [3.8, 4) is 0 Å². The number of anilines is 1. The first-order valence-electron chi connectivity index (χ1n) is 10.3. The predicted molar refractivity (Wildman–Crippen MR) is 127 cm³/mol. The first-order chi connectivity index (χ1) is 12.7. The maximum absolute atomic E-state index is 4.36. The van der Waals surface area contributed by atoms with Crippen LogP contribution < -0.4 is 15.5 Å². The Hall–Kier alpha value is -1.02. The molecule has 6 heteroatoms. The van der Waals surface area contributed by atoms with Gasteiger partial charge in [0.1, 0.15) is 0 Å². The second-order valence-electron chi connectivity index (χ2n) is 7.65. The van der Waals surface area contributed by atoms with Gasteiger partial charge in [0.15, 0.2) is 5.96 Å². The molecule has 152 valence electrons. The number of nitrogens with zero attached hydrogens (tertiary/aromatic N) is 3. The molecule has 2 fully saturated rings. The first-order valence-corrected chi connectivity index (χ1v) is 10.3. The van der Waals surface area contributed by atoms with Crippen molar-refractivity contribution in [2.75, 3.05) is 51.2 Å². The molecule has 0 bridgehead atoms. The molecule has 1 saturated carbocycles. The Morgan fingerprint density at radius 1 is 1.15 bits per heavy atom. The van der Waals surface area contributed by atoms with Gasteiger partial charge in [0.2, 0.25) is 0 Å². The third-order valence-electron chi connectivity index (χ3n) is 5.60. The van der Waals surface area contributed by atoms with E-state index in [9.17, 15) is 0 Å². The van der Waals surface area contributed by atoms with Gasteiger partial charge in [-0.25, -0.2) is 0 Å². The number of halogens is 1. The van der Waals surface area contributed by atoms with Crippen LogP contribution in [0.1, 0.15) is 37.7 Å². The predicted octanol–water partition coefficient (Wildman–Crippen LogP) is 3.23. The van der Waals surface area contributed by atoms with Crippen LogP contribution in [-0.4, -0.2) is 63.2 Å². The number of nitrogens with one attached hydrogen (secondary N) is 2. The van der Waals surface area contributed by atoms with E-state index < -0.39 is 0 Å². The molecule has 0 radical (unpaired) electrons. The van der Waals surface area contributed by atoms with E-state index in [4.69, 9.17) is 0 Å². The highest BCUT2D eigenvalue weighted by Crippen LogP contribution is 2.18. The lowest BCUT2D eigenvalue weighted by atomic mass is 10.2. The highest BCUT2D eigenvalue weighted by molar-refractivity contribution is 14.0. The van der Waals surface area contributed by atoms with Gasteiger partial charge in [-0.15, -0.1) is 24.0 Å². The molecule has 27 heavy (non-hydrogen) atoms. The Labute approximate surface area is 182 Å². The molecule has 2 aliphatic rings. The minimum Gasteiger partial charge on any atom is -0.369 e. The fourth-order valence-electron chi connectivity index (χ4n) is 4.02. The average molecular weight is 485 g/mol. The van der Waals surface area contributed by atoms with E-state index in [0.717, 1.165) is 51.6 Å². The summed E-state index contributed by atoms with van der Waals surface area (Å²) < 4.78 is 0. The van der Waals surface area contributed by atoms with E-state index in [1.54, 1.807) is 0 Å². The molecule has 2 N–H and O–H groups in total. The van der Waals surface area contributed by atoms with E-state index in [-0.39, 0.29) is 24.0 Å². The minimum absolute atomic E-state index is 0. The Bertz CT molecular complexity index is 578. The van der Waals surface area contributed by atoms with Crippen molar-refractivity contribution in [2.45, 2.75) is 45.1 Å². The summed E-state index contributed by atoms with van der Waals surface area (Å²) in [5, 5.41) is 7.03. The maximum Gasteiger partial charge on any atom is 0.191 e. The van der Waals surface area contributed by atoms with Gasteiger partial charge >= 0.3 is 0 Å². The monoisotopic (exact) mass is 485 g/mol. The summed E-state index contributed by atoms with van der Waals surface area (Å²) in [4.78, 5) is 9.45. The molecule has 1 heterocycles. The van der Waals surface area contributed by atoms with Crippen LogP contribution in [0.15, 0.2) is 29.3 Å². The summed E-state index contributed by atoms with van der Waals surface area (Å²) >= 11 is 0. The lowest BCUT2D eigenvalue weighted by Crippen LogP contribution is -2.47. The Balaban J connectivity index is 0.00000261. The molecule has 3 rings (SSSR count). The third-order valence-corrected chi connectivity index (χ3v) is 5.60. The maximum atomic E-state index is 4.36. The smallest absolute Gasteiger partial charge is 0.191 e. The first kappa shape index (κ1) is 22.3. The largest absolute Gasteiger partial charge is 0.369 e. The average Bonchev–Trinajstić information content (AvgIpc) is 3.18. The molecule has 0 atom stereocenters. The van der Waals surface area contributed by atoms with Crippen LogP contribution in [0.4, 0.5) is 5.69 Å². The number of benzene rings is 1. The Morgan fingerprint density at radius 2 is 1.89 bits per heavy atom. The highest BCUT2D eigenvalue weighted by Gasteiger charge is 2.17. The van der Waals surface area contributed by atoms with Gasteiger partial charge in [0.05, 0.1) is 0 Å². The number of piperazine rings is 1. The van der Waals surface area contributed by atoms with Crippen LogP contribution >= 0.6 is 24.0 Å². The van der Waals surface area contributed by atoms with E-state index in [2.05, 4.69) is 56.6 Å². The molecule has 1 saturated heterocycles. The second kappa shape index (κ2) is 11.7. The van der Waals surface area contributed by atoms with E-state index in [1.807, 2.05) is 7.05 Å². The van der Waals surface area contributed by atoms with Crippen LogP contribution in [0.3, 0.4) is 0 Å². The molecule has 1 aliphatic carbocycles. The minimum atomic E-state index is 0. The lowest BCUT2D eigenvalue weighted by molar-refractivity contribution is 0.255. The molecule has 1 aromatic carbocycles. The topological polar surface area (TPSA) is 42.9 Å². The number of rotatable bonds is 6. The zero-order chi connectivity index (χ0) is 18.2. The van der Waals surface area contributed by atoms with Crippen molar-refractivity contribution in [1.82, 2.24) is 15.5 Å². The Morgan fingerprint density at radius 3 is 2.56 bits per heavy atom. The summed E-state index contributed by atoms with van der Waals surface area (Å²) in [6, 6.07) is 9.48. The summed E-state index contributed by atoms with van der Waals surface area (Å²) in [5.41, 5.74) is 2.71. The van der Waals surface area contributed by atoms with E-state index in [1.165, 1.54) is 36.9 Å². The van der Waals surface area contributed by atoms with Gasteiger partial charge in [0, 0.05) is 51.5 Å². The van der Waals surface area contributed by atoms with Crippen molar-refractivity contribution in [3.05, 3.63) is 29.8 Å². The molecular weight excluding hydrogens is 449 g/mol. The van der Waals surface area contributed by atoms with Crippen LogP contribution in [0.25, 0.3) is 0 Å². The summed E-state index contributed by atoms with van der Waals surface area (Å²) in [7, 11) is 1.87. The Kier molecular flexibility index (Phi) is 9.68. The zero-order valence-corrected chi connectivity index (χ0v) is 19.2. The van der Waals surface area contributed by atoms with Crippen LogP contribution in [0.2, 0.25) is 0 Å². The molecule has 1 aliphatic heterocycles. The van der Waals surface area contributed by atoms with Gasteiger partial charge in [-0.2, -0.15) is 0 Å². The number of aliphatic imine (C=N–C) groups is 1. The van der Waals surface area contributed by atoms with Crippen molar-refractivity contribution in [2.24, 2.45) is 4.99 Å². The van der Waals surface area contributed by atoms with Gasteiger partial charge in [-0.1, -0.05) is 25.0 Å². The van der Waals surface area contributed by atoms with E-state index >= 15 is 0 Å². The van der Waals surface area contributed by atoms with Crippen LogP contribution in [0.5, 0.6) is 0 Å². The SMILES string of the molecule is CN=C(NCCCN1CCN(c2cccc(C)c2)CC1)NC1CCCC1.I. The van der Waals surface area contributed by atoms with Crippen molar-refractivity contribution in [3.63, 3.8) is 0 Å². The molecule has 5 nitrogen and oxygen atoms in total. The fraction of sp³-hybridized carbons (Fsp3) is 0.667. The van der Waals surface area contributed by atoms with Crippen molar-refractivity contribution < 1.29 is 0 Å². The zero-order valence-electron chi connectivity index (χ0n) is 16.9. The molecule has 0 unspecified atom stereocenters. The van der Waals surface area contributed by atoms with Crippen LogP contribution in [-0.2, 0) is 0 Å². The molecule has 0 spiro atoms. The van der Waals surface area contributed by atoms with Gasteiger partial charge in [0.25, 0.3) is 0 Å². The van der Waals surface area contributed by atoms with Gasteiger partial charge in [-0.05, 0) is 50.4 Å². The van der Waals surface area contributed by atoms with E-state index in [0.29, 0.717) is 6.04 Å². The standard InChI is InChI=1S/C21H35N5.HI/c1-18-7-5-10-20(17-18)26-15-13-25(14-16-26)12-6-11-23-21(22-2)24-19-8-3-4-9-19;/h5,7,10,17,19H,3-4,6,8-9,11-16H2,1-2H3,(H2,22,23,24);1H. The fourth-order valence-corrected chi connectivity index (χ4v) is 4.02. The van der Waals surface area contributed by atoms with Gasteiger partial charge < -0.3 is 15.5 Å². The van der Waals surface area contributed by atoms with Crippen LogP contribution in [0, 0.1) is 6.92 Å². The quantitative estimate of drug-likeness (QED) is 0.281. The second-order valence-corrected chi connectivity index (χ2v) is 7.65. The van der Waals surface area contributed by atoms with Crippen molar-refractivity contribution >= 4 is 35.6 Å². The van der Waals surface area contributed by atoms with Crippen molar-refractivity contribution in [1.29, 1.82) is 0 Å². The number of hydrogen-bond donors (Lipinski definition) is 2. The molecule has 1 aromatic rings. The summed E-state index contributed by atoms with van der Waals surface area (Å²) in [5.74, 6) is 0.973. The number of aryl methyl sites for hydroxylation is 1. The lowest BCUT2D eigenvalue weighted by Gasteiger charge is -2.36. The molecule has 0 aromatic heterocycles. The molecular formula is C21H36IN5. The number of guanidine groups is 1. The third kappa shape index (κ3) is 7.14. The number of hydrogen-bond acceptors (Lipinski definition) is 3.